The molecular formula is C16H11N3S. The second-order valence-electron chi connectivity index (χ2n) is 4.54. The maximum atomic E-state index is 4.56. The van der Waals surface area contributed by atoms with Crippen molar-refractivity contribution in [1.29, 1.82) is 0 Å². The molecule has 0 saturated carbocycles. The molecule has 2 aromatic carbocycles. The van der Waals surface area contributed by atoms with Crippen LogP contribution in [0.1, 0.15) is 0 Å². The molecule has 0 aliphatic rings. The van der Waals surface area contributed by atoms with Crippen LogP contribution in [0.5, 0.6) is 0 Å². The molecule has 0 bridgehead atoms. The summed E-state index contributed by atoms with van der Waals surface area (Å²) < 4.78 is 1.81. The maximum Gasteiger partial charge on any atom is 0.212 e. The van der Waals surface area contributed by atoms with E-state index in [2.05, 4.69) is 58.6 Å². The molecule has 2 heterocycles. The Kier molecular flexibility index (Phi) is 2.60. The van der Waals surface area contributed by atoms with Crippen molar-refractivity contribution in [3.8, 4) is 22.4 Å². The minimum absolute atomic E-state index is 0.923. The minimum Gasteiger partial charge on any atom is -0.217 e. The van der Waals surface area contributed by atoms with E-state index in [1.54, 1.807) is 16.8 Å². The van der Waals surface area contributed by atoms with E-state index < -0.39 is 0 Å². The Morgan fingerprint density at radius 3 is 2.25 bits per heavy atom. The average molecular weight is 277 g/mol. The van der Waals surface area contributed by atoms with Crippen LogP contribution in [0, 0.1) is 0 Å². The lowest BCUT2D eigenvalue weighted by Gasteiger charge is -2.02. The first kappa shape index (κ1) is 11.4. The molecule has 0 aliphatic heterocycles. The predicted octanol–water partition coefficient (Wildman–Crippen LogP) is 4.12. The molecule has 0 unspecified atom stereocenters. The Hall–Kier alpha value is -2.46. The third kappa shape index (κ3) is 1.90. The van der Waals surface area contributed by atoms with E-state index in [-0.39, 0.29) is 0 Å². The Labute approximate surface area is 120 Å². The second-order valence-corrected chi connectivity index (χ2v) is 5.35. The monoisotopic (exact) mass is 277 g/mol. The summed E-state index contributed by atoms with van der Waals surface area (Å²) in [5.41, 5.74) is 6.32. The topological polar surface area (TPSA) is 30.2 Å². The van der Waals surface area contributed by atoms with E-state index in [0.29, 0.717) is 0 Å². The van der Waals surface area contributed by atoms with E-state index in [1.165, 1.54) is 11.1 Å². The predicted molar refractivity (Wildman–Crippen MR) is 81.7 cm³/mol. The lowest BCUT2D eigenvalue weighted by atomic mass is 10.0. The summed E-state index contributed by atoms with van der Waals surface area (Å²) in [7, 11) is 0. The van der Waals surface area contributed by atoms with Crippen LogP contribution in [-0.4, -0.2) is 14.6 Å². The highest BCUT2D eigenvalue weighted by Gasteiger charge is 2.06. The third-order valence-electron chi connectivity index (χ3n) is 3.27. The number of hydrogen-bond acceptors (Lipinski definition) is 3. The molecule has 0 N–H and O–H groups in total. The van der Waals surface area contributed by atoms with Crippen molar-refractivity contribution >= 4 is 16.3 Å². The molecule has 3 nitrogen and oxygen atoms in total. The molecule has 0 radical (unpaired) electrons. The van der Waals surface area contributed by atoms with Crippen LogP contribution in [0.4, 0.5) is 0 Å². The van der Waals surface area contributed by atoms with Gasteiger partial charge in [0.2, 0.25) is 4.96 Å². The van der Waals surface area contributed by atoms with Gasteiger partial charge in [-0.05, 0) is 11.1 Å². The number of rotatable bonds is 2. The molecule has 0 amide bonds. The van der Waals surface area contributed by atoms with Gasteiger partial charge < -0.3 is 0 Å². The van der Waals surface area contributed by atoms with Crippen LogP contribution in [0.2, 0.25) is 0 Å². The van der Waals surface area contributed by atoms with Crippen molar-refractivity contribution in [3.05, 3.63) is 66.3 Å². The molecule has 96 valence electrons. The lowest BCUT2D eigenvalue weighted by Crippen LogP contribution is -1.80. The summed E-state index contributed by atoms with van der Waals surface area (Å²) in [6, 6.07) is 18.8. The second kappa shape index (κ2) is 4.58. The van der Waals surface area contributed by atoms with Crippen molar-refractivity contribution in [2.75, 3.05) is 0 Å². The van der Waals surface area contributed by atoms with Crippen LogP contribution >= 0.6 is 11.3 Å². The van der Waals surface area contributed by atoms with Gasteiger partial charge in [0.1, 0.15) is 5.51 Å². The van der Waals surface area contributed by atoms with Gasteiger partial charge in [-0.15, -0.1) is 0 Å². The molecule has 4 rings (SSSR count). The summed E-state index contributed by atoms with van der Waals surface area (Å²) >= 11 is 1.54. The van der Waals surface area contributed by atoms with Gasteiger partial charge in [0.05, 0.1) is 11.9 Å². The Bertz CT molecular complexity index is 816. The van der Waals surface area contributed by atoms with Crippen LogP contribution in [0.25, 0.3) is 27.3 Å². The summed E-state index contributed by atoms with van der Waals surface area (Å²) in [6.07, 6.45) is 1.96. The molecule has 2 aromatic heterocycles. The molecule has 0 saturated heterocycles. The molecule has 4 aromatic rings. The van der Waals surface area contributed by atoms with Crippen molar-refractivity contribution in [2.24, 2.45) is 0 Å². The molecule has 20 heavy (non-hydrogen) atoms. The zero-order valence-corrected chi connectivity index (χ0v) is 11.4. The lowest BCUT2D eigenvalue weighted by molar-refractivity contribution is 0.974. The summed E-state index contributed by atoms with van der Waals surface area (Å²) in [6.45, 7) is 0. The number of nitrogens with zero attached hydrogens (tertiary/aromatic N) is 3. The molecule has 0 atom stereocenters. The summed E-state index contributed by atoms with van der Waals surface area (Å²) in [4.78, 5) is 5.49. The zero-order valence-electron chi connectivity index (χ0n) is 10.6. The highest BCUT2D eigenvalue weighted by Crippen LogP contribution is 2.24. The fourth-order valence-corrected chi connectivity index (χ4v) is 2.84. The van der Waals surface area contributed by atoms with Crippen molar-refractivity contribution in [2.45, 2.75) is 0 Å². The largest absolute Gasteiger partial charge is 0.217 e. The van der Waals surface area contributed by atoms with Crippen LogP contribution < -0.4 is 0 Å². The standard InChI is InChI=1S/C16H11N3S/c1-2-4-12(5-3-1)13-6-8-14(9-7-13)15-10-19-16(18-15)20-11-17-19/h1-11H. The minimum atomic E-state index is 0.923. The van der Waals surface area contributed by atoms with E-state index >= 15 is 0 Å². The molecule has 0 spiro atoms. The Balaban J connectivity index is 1.72. The molecular weight excluding hydrogens is 266 g/mol. The first-order valence-electron chi connectivity index (χ1n) is 6.35. The fraction of sp³-hybridized carbons (Fsp3) is 0. The SMILES string of the molecule is c1ccc(-c2ccc(-c3cn4ncsc4n3)cc2)cc1. The average Bonchev–Trinajstić information content (AvgIpc) is 3.10. The number of aromatic nitrogens is 3. The van der Waals surface area contributed by atoms with Crippen molar-refractivity contribution in [3.63, 3.8) is 0 Å². The van der Waals surface area contributed by atoms with E-state index in [1.807, 2.05) is 16.8 Å². The van der Waals surface area contributed by atoms with E-state index in [0.717, 1.165) is 16.2 Å². The molecule has 0 fully saturated rings. The third-order valence-corrected chi connectivity index (χ3v) is 3.96. The van der Waals surface area contributed by atoms with Crippen LogP contribution in [-0.2, 0) is 0 Å². The number of fused-ring (bicyclic) bond motifs is 1. The highest BCUT2D eigenvalue weighted by molar-refractivity contribution is 7.14. The Morgan fingerprint density at radius 2 is 1.50 bits per heavy atom. The van der Waals surface area contributed by atoms with Gasteiger partial charge >= 0.3 is 0 Å². The van der Waals surface area contributed by atoms with Gasteiger partial charge in [-0.3, -0.25) is 0 Å². The number of benzene rings is 2. The zero-order chi connectivity index (χ0) is 13.4. The van der Waals surface area contributed by atoms with Gasteiger partial charge in [0.25, 0.3) is 0 Å². The smallest absolute Gasteiger partial charge is 0.212 e. The van der Waals surface area contributed by atoms with Crippen LogP contribution in [0.15, 0.2) is 66.3 Å². The van der Waals surface area contributed by atoms with Crippen molar-refractivity contribution < 1.29 is 0 Å². The van der Waals surface area contributed by atoms with Gasteiger partial charge in [0, 0.05) is 5.56 Å². The highest BCUT2D eigenvalue weighted by atomic mass is 32.1. The summed E-state index contributed by atoms with van der Waals surface area (Å²) in [5, 5.41) is 4.20. The number of imidazole rings is 1. The first-order valence-corrected chi connectivity index (χ1v) is 7.23. The quantitative estimate of drug-likeness (QED) is 0.551. The van der Waals surface area contributed by atoms with Gasteiger partial charge in [-0.1, -0.05) is 65.9 Å². The van der Waals surface area contributed by atoms with E-state index in [9.17, 15) is 0 Å². The Morgan fingerprint density at radius 1 is 0.800 bits per heavy atom. The van der Waals surface area contributed by atoms with E-state index in [4.69, 9.17) is 0 Å². The molecule has 4 heteroatoms. The van der Waals surface area contributed by atoms with Crippen LogP contribution in [0.3, 0.4) is 0 Å². The fourth-order valence-electron chi connectivity index (χ4n) is 2.24. The first-order chi connectivity index (χ1) is 9.90. The van der Waals surface area contributed by atoms with Crippen molar-refractivity contribution in [1.82, 2.24) is 14.6 Å². The van der Waals surface area contributed by atoms with Gasteiger partial charge in [-0.25, -0.2) is 9.50 Å². The molecule has 0 aliphatic carbocycles. The van der Waals surface area contributed by atoms with Gasteiger partial charge in [-0.2, -0.15) is 5.10 Å². The summed E-state index contributed by atoms with van der Waals surface area (Å²) in [5.74, 6) is 0. The van der Waals surface area contributed by atoms with Gasteiger partial charge in [0.15, 0.2) is 0 Å². The number of hydrogen-bond donors (Lipinski definition) is 0. The maximum absolute atomic E-state index is 4.56. The normalized spacial score (nSPS) is 11.0.